The topological polar surface area (TPSA) is 26.0 Å². The number of hydrogen-bond acceptors (Lipinski definition) is 1. The van der Waals surface area contributed by atoms with Crippen LogP contribution in [0.25, 0.3) is 0 Å². The fourth-order valence-electron chi connectivity index (χ4n) is 1.30. The predicted molar refractivity (Wildman–Crippen MR) is 50.2 cm³/mol. The van der Waals surface area contributed by atoms with E-state index in [0.29, 0.717) is 0 Å². The van der Waals surface area contributed by atoms with Gasteiger partial charge in [0, 0.05) is 12.1 Å². The maximum Gasteiger partial charge on any atom is 0.416 e. The summed E-state index contributed by atoms with van der Waals surface area (Å²) in [5.74, 6) is 0. The molecule has 0 aliphatic rings. The van der Waals surface area contributed by atoms with Crippen LogP contribution in [-0.2, 0) is 12.6 Å². The molecule has 1 aromatic rings. The SMILES string of the molecule is Nc1cc(CCC(F)F)cc(C(F)(F)F)c1. The Kier molecular flexibility index (Phi) is 3.72. The normalized spacial score (nSPS) is 12.1. The smallest absolute Gasteiger partial charge is 0.399 e. The fourth-order valence-corrected chi connectivity index (χ4v) is 1.30. The summed E-state index contributed by atoms with van der Waals surface area (Å²) in [6.45, 7) is 0. The molecule has 0 bridgehead atoms. The highest BCUT2D eigenvalue weighted by Crippen LogP contribution is 2.31. The van der Waals surface area contributed by atoms with Crippen LogP contribution in [0.1, 0.15) is 17.5 Å². The molecule has 0 saturated carbocycles. The lowest BCUT2D eigenvalue weighted by atomic mass is 10.0. The quantitative estimate of drug-likeness (QED) is 0.634. The molecule has 0 saturated heterocycles. The predicted octanol–water partition coefficient (Wildman–Crippen LogP) is 3.49. The molecule has 0 amide bonds. The van der Waals surface area contributed by atoms with Gasteiger partial charge >= 0.3 is 6.18 Å². The molecule has 0 heterocycles. The van der Waals surface area contributed by atoms with Gasteiger partial charge in [0.05, 0.1) is 5.56 Å². The van der Waals surface area contributed by atoms with Crippen LogP contribution < -0.4 is 5.73 Å². The highest BCUT2D eigenvalue weighted by Gasteiger charge is 2.30. The summed E-state index contributed by atoms with van der Waals surface area (Å²) in [5, 5.41) is 0. The summed E-state index contributed by atoms with van der Waals surface area (Å²) in [5.41, 5.74) is 4.47. The number of nitrogens with two attached hydrogens (primary N) is 1. The third kappa shape index (κ3) is 3.67. The fraction of sp³-hybridized carbons (Fsp3) is 0.400. The van der Waals surface area contributed by atoms with Crippen LogP contribution in [-0.4, -0.2) is 6.43 Å². The average Bonchev–Trinajstić information content (AvgIpc) is 2.12. The van der Waals surface area contributed by atoms with Crippen LogP contribution in [0.3, 0.4) is 0 Å². The molecule has 0 aromatic heterocycles. The third-order valence-corrected chi connectivity index (χ3v) is 1.99. The summed E-state index contributed by atoms with van der Waals surface area (Å²) < 4.78 is 60.8. The van der Waals surface area contributed by atoms with Crippen molar-refractivity contribution < 1.29 is 22.0 Å². The van der Waals surface area contributed by atoms with E-state index in [-0.39, 0.29) is 17.7 Å². The van der Waals surface area contributed by atoms with Crippen LogP contribution in [0.5, 0.6) is 0 Å². The molecule has 6 heteroatoms. The van der Waals surface area contributed by atoms with Gasteiger partial charge in [0.2, 0.25) is 6.43 Å². The molecule has 0 radical (unpaired) electrons. The van der Waals surface area contributed by atoms with E-state index in [1.54, 1.807) is 0 Å². The zero-order valence-corrected chi connectivity index (χ0v) is 8.19. The Balaban J connectivity index is 2.90. The number of benzene rings is 1. The van der Waals surface area contributed by atoms with Crippen LogP contribution in [0, 0.1) is 0 Å². The summed E-state index contributed by atoms with van der Waals surface area (Å²) in [6, 6.07) is 2.90. The molecule has 1 rings (SSSR count). The van der Waals surface area contributed by atoms with Gasteiger partial charge in [-0.15, -0.1) is 0 Å². The van der Waals surface area contributed by atoms with Gasteiger partial charge < -0.3 is 5.73 Å². The summed E-state index contributed by atoms with van der Waals surface area (Å²) >= 11 is 0. The zero-order valence-electron chi connectivity index (χ0n) is 8.19. The lowest BCUT2D eigenvalue weighted by Crippen LogP contribution is -2.07. The van der Waals surface area contributed by atoms with E-state index in [0.717, 1.165) is 12.1 Å². The lowest BCUT2D eigenvalue weighted by Gasteiger charge is -2.10. The van der Waals surface area contributed by atoms with Gasteiger partial charge in [-0.25, -0.2) is 8.78 Å². The van der Waals surface area contributed by atoms with Crippen molar-refractivity contribution in [3.05, 3.63) is 29.3 Å². The van der Waals surface area contributed by atoms with Crippen molar-refractivity contribution >= 4 is 5.69 Å². The number of aryl methyl sites for hydroxylation is 1. The third-order valence-electron chi connectivity index (χ3n) is 1.99. The Labute approximate surface area is 89.1 Å². The molecule has 0 atom stereocenters. The molecule has 1 nitrogen and oxygen atoms in total. The van der Waals surface area contributed by atoms with Gasteiger partial charge in [-0.1, -0.05) is 0 Å². The molecule has 90 valence electrons. The van der Waals surface area contributed by atoms with Gasteiger partial charge in [0.25, 0.3) is 0 Å². The molecule has 2 N–H and O–H groups in total. The van der Waals surface area contributed by atoms with Crippen molar-refractivity contribution in [3.63, 3.8) is 0 Å². The minimum Gasteiger partial charge on any atom is -0.399 e. The standard InChI is InChI=1S/C10H10F5N/c11-9(12)2-1-6-3-7(10(13,14)15)5-8(16)4-6/h3-5,9H,1-2,16H2. The van der Waals surface area contributed by atoms with E-state index in [1.165, 1.54) is 6.07 Å². The second-order valence-electron chi connectivity index (χ2n) is 3.39. The number of alkyl halides is 5. The zero-order chi connectivity index (χ0) is 12.3. The first-order chi connectivity index (χ1) is 7.29. The molecule has 0 aliphatic carbocycles. The van der Waals surface area contributed by atoms with Crippen LogP contribution in [0.4, 0.5) is 27.6 Å². The Morgan fingerprint density at radius 2 is 1.75 bits per heavy atom. The van der Waals surface area contributed by atoms with E-state index in [1.807, 2.05) is 0 Å². The second kappa shape index (κ2) is 4.67. The number of rotatable bonds is 3. The second-order valence-corrected chi connectivity index (χ2v) is 3.39. The van der Waals surface area contributed by atoms with Crippen molar-refractivity contribution in [2.75, 3.05) is 5.73 Å². The van der Waals surface area contributed by atoms with Gasteiger partial charge in [0.15, 0.2) is 0 Å². The van der Waals surface area contributed by atoms with Crippen LogP contribution in [0.15, 0.2) is 18.2 Å². The van der Waals surface area contributed by atoms with Gasteiger partial charge in [0.1, 0.15) is 0 Å². The van der Waals surface area contributed by atoms with Crippen molar-refractivity contribution in [2.45, 2.75) is 25.4 Å². The highest BCUT2D eigenvalue weighted by atomic mass is 19.4. The van der Waals surface area contributed by atoms with E-state index >= 15 is 0 Å². The van der Waals surface area contributed by atoms with Crippen molar-refractivity contribution in [1.82, 2.24) is 0 Å². The molecule has 16 heavy (non-hydrogen) atoms. The summed E-state index contributed by atoms with van der Waals surface area (Å²) in [7, 11) is 0. The van der Waals surface area contributed by atoms with E-state index in [2.05, 4.69) is 0 Å². The molecular weight excluding hydrogens is 229 g/mol. The largest absolute Gasteiger partial charge is 0.416 e. The number of hydrogen-bond donors (Lipinski definition) is 1. The van der Waals surface area contributed by atoms with Gasteiger partial charge in [-0.3, -0.25) is 0 Å². The Morgan fingerprint density at radius 3 is 2.25 bits per heavy atom. The van der Waals surface area contributed by atoms with Crippen molar-refractivity contribution in [1.29, 1.82) is 0 Å². The van der Waals surface area contributed by atoms with E-state index in [4.69, 9.17) is 5.73 Å². The Morgan fingerprint density at radius 1 is 1.12 bits per heavy atom. The maximum absolute atomic E-state index is 12.3. The molecular formula is C10H10F5N. The molecule has 0 spiro atoms. The minimum absolute atomic E-state index is 0.0703. The average molecular weight is 239 g/mol. The van der Waals surface area contributed by atoms with E-state index < -0.39 is 24.6 Å². The Hall–Kier alpha value is -1.33. The number of nitrogen functional groups attached to an aromatic ring is 1. The first kappa shape index (κ1) is 12.7. The number of anilines is 1. The van der Waals surface area contributed by atoms with E-state index in [9.17, 15) is 22.0 Å². The molecule has 1 aromatic carbocycles. The summed E-state index contributed by atoms with van der Waals surface area (Å²) in [4.78, 5) is 0. The monoisotopic (exact) mass is 239 g/mol. The first-order valence-electron chi connectivity index (χ1n) is 4.54. The van der Waals surface area contributed by atoms with Crippen molar-refractivity contribution in [2.24, 2.45) is 0 Å². The molecule has 0 aliphatic heterocycles. The minimum atomic E-state index is -4.50. The van der Waals surface area contributed by atoms with Gasteiger partial charge in [-0.2, -0.15) is 13.2 Å². The first-order valence-corrected chi connectivity index (χ1v) is 4.54. The lowest BCUT2D eigenvalue weighted by molar-refractivity contribution is -0.137. The van der Waals surface area contributed by atoms with Crippen LogP contribution in [0.2, 0.25) is 0 Å². The number of halogens is 5. The highest BCUT2D eigenvalue weighted by molar-refractivity contribution is 5.45. The van der Waals surface area contributed by atoms with Gasteiger partial charge in [-0.05, 0) is 30.2 Å². The molecule has 0 fully saturated rings. The maximum atomic E-state index is 12.3. The Bertz CT molecular complexity index is 359. The molecule has 0 unspecified atom stereocenters. The summed E-state index contributed by atoms with van der Waals surface area (Å²) in [6.07, 6.45) is -7.63. The van der Waals surface area contributed by atoms with Crippen LogP contribution >= 0.6 is 0 Å². The van der Waals surface area contributed by atoms with Crippen molar-refractivity contribution in [3.8, 4) is 0 Å².